The van der Waals surface area contributed by atoms with Gasteiger partial charge in [0, 0.05) is 5.56 Å². The molecule has 0 unspecified atom stereocenters. The number of anilines is 1. The molecule has 0 aromatic heterocycles. The zero-order chi connectivity index (χ0) is 24.2. The van der Waals surface area contributed by atoms with Gasteiger partial charge in [-0.05, 0) is 62.4 Å². The molecule has 174 valence electrons. The minimum absolute atomic E-state index is 0.112. The molecule has 0 saturated carbocycles. The Kier molecular flexibility index (Phi) is 7.50. The van der Waals surface area contributed by atoms with Crippen LogP contribution in [0.2, 0.25) is 5.02 Å². The molecule has 0 aliphatic heterocycles. The number of hydrogen-bond acceptors (Lipinski definition) is 5. The van der Waals surface area contributed by atoms with Gasteiger partial charge in [-0.15, -0.1) is 0 Å². The van der Waals surface area contributed by atoms with E-state index in [0.29, 0.717) is 11.5 Å². The van der Waals surface area contributed by atoms with E-state index >= 15 is 0 Å². The second-order valence-corrected chi connectivity index (χ2v) is 9.51. The van der Waals surface area contributed by atoms with Gasteiger partial charge in [-0.2, -0.15) is 0 Å². The van der Waals surface area contributed by atoms with E-state index in [1.54, 1.807) is 44.6 Å². The highest BCUT2D eigenvalue weighted by Crippen LogP contribution is 2.30. The number of nitrogens with one attached hydrogen (secondary N) is 2. The smallest absolute Gasteiger partial charge is 0.261 e. The van der Waals surface area contributed by atoms with E-state index in [2.05, 4.69) is 10.0 Å². The summed E-state index contributed by atoms with van der Waals surface area (Å²) in [4.78, 5) is 13.0. The lowest BCUT2D eigenvalue weighted by Crippen LogP contribution is -2.27. The number of benzene rings is 3. The van der Waals surface area contributed by atoms with Crippen molar-refractivity contribution >= 4 is 33.2 Å². The fourth-order valence-corrected chi connectivity index (χ4v) is 4.54. The third-order valence-corrected chi connectivity index (χ3v) is 6.76. The second-order valence-electron chi connectivity index (χ2n) is 7.42. The third-order valence-electron chi connectivity index (χ3n) is 5.05. The van der Waals surface area contributed by atoms with Crippen LogP contribution in [-0.4, -0.2) is 28.5 Å². The number of carbonyl (C=O) groups excluding carboxylic acids is 1. The molecular weight excluding hydrogens is 464 g/mol. The molecule has 0 saturated heterocycles. The first-order valence-electron chi connectivity index (χ1n) is 10.1. The van der Waals surface area contributed by atoms with Gasteiger partial charge < -0.3 is 14.8 Å². The molecule has 0 bridgehead atoms. The van der Waals surface area contributed by atoms with Crippen LogP contribution < -0.4 is 19.5 Å². The number of sulfonamides is 1. The minimum Gasteiger partial charge on any atom is -0.497 e. The highest BCUT2D eigenvalue weighted by atomic mass is 35.5. The van der Waals surface area contributed by atoms with Gasteiger partial charge in [0.1, 0.15) is 11.5 Å². The van der Waals surface area contributed by atoms with Gasteiger partial charge in [0.25, 0.3) is 15.9 Å². The summed E-state index contributed by atoms with van der Waals surface area (Å²) < 4.78 is 38.3. The molecule has 0 spiro atoms. The monoisotopic (exact) mass is 488 g/mol. The average Bonchev–Trinajstić information content (AvgIpc) is 2.78. The molecule has 0 heterocycles. The Balaban J connectivity index is 1.77. The number of carbonyl (C=O) groups is 1. The van der Waals surface area contributed by atoms with Crippen molar-refractivity contribution in [1.82, 2.24) is 5.32 Å². The quantitative estimate of drug-likeness (QED) is 0.467. The van der Waals surface area contributed by atoms with Crippen LogP contribution >= 0.6 is 11.6 Å². The molecule has 3 aromatic rings. The molecule has 0 aliphatic carbocycles. The summed E-state index contributed by atoms with van der Waals surface area (Å²) in [6.07, 6.45) is 0. The van der Waals surface area contributed by atoms with Crippen LogP contribution in [0, 0.1) is 6.92 Å². The fraction of sp³-hybridized carbons (Fsp3) is 0.208. The van der Waals surface area contributed by atoms with Crippen molar-refractivity contribution in [2.24, 2.45) is 0 Å². The Morgan fingerprint density at radius 3 is 2.27 bits per heavy atom. The van der Waals surface area contributed by atoms with Crippen LogP contribution in [0.4, 0.5) is 5.69 Å². The highest BCUT2D eigenvalue weighted by Gasteiger charge is 2.19. The molecule has 33 heavy (non-hydrogen) atoms. The normalized spacial score (nSPS) is 12.0. The van der Waals surface area contributed by atoms with Crippen LogP contribution in [0.15, 0.2) is 65.6 Å². The number of ether oxygens (including phenoxy) is 2. The van der Waals surface area contributed by atoms with Crippen molar-refractivity contribution in [2.45, 2.75) is 24.8 Å². The number of rotatable bonds is 8. The van der Waals surface area contributed by atoms with Gasteiger partial charge in [-0.3, -0.25) is 9.52 Å². The molecule has 3 rings (SSSR count). The summed E-state index contributed by atoms with van der Waals surface area (Å²) in [5.41, 5.74) is 2.15. The Hall–Kier alpha value is -3.23. The Bertz CT molecular complexity index is 1260. The highest BCUT2D eigenvalue weighted by molar-refractivity contribution is 7.92. The molecule has 1 amide bonds. The van der Waals surface area contributed by atoms with E-state index in [1.165, 1.54) is 30.3 Å². The van der Waals surface area contributed by atoms with E-state index in [0.717, 1.165) is 11.1 Å². The summed E-state index contributed by atoms with van der Waals surface area (Å²) in [6.45, 7) is 3.69. The maximum atomic E-state index is 12.8. The Morgan fingerprint density at radius 1 is 0.970 bits per heavy atom. The molecule has 9 heteroatoms. The number of halogens is 1. The van der Waals surface area contributed by atoms with Crippen LogP contribution in [0.25, 0.3) is 0 Å². The van der Waals surface area contributed by atoms with Crippen LogP contribution in [0.5, 0.6) is 11.5 Å². The van der Waals surface area contributed by atoms with Gasteiger partial charge in [0.15, 0.2) is 0 Å². The van der Waals surface area contributed by atoms with Crippen molar-refractivity contribution in [2.75, 3.05) is 18.9 Å². The summed E-state index contributed by atoms with van der Waals surface area (Å²) >= 11 is 6.32. The van der Waals surface area contributed by atoms with E-state index in [-0.39, 0.29) is 21.2 Å². The van der Waals surface area contributed by atoms with E-state index in [9.17, 15) is 13.2 Å². The molecule has 7 nitrogen and oxygen atoms in total. The summed E-state index contributed by atoms with van der Waals surface area (Å²) in [6, 6.07) is 15.8. The molecule has 1 atom stereocenters. The van der Waals surface area contributed by atoms with Crippen LogP contribution in [0.1, 0.15) is 34.5 Å². The zero-order valence-corrected chi connectivity index (χ0v) is 20.3. The number of amides is 1. The van der Waals surface area contributed by atoms with E-state index in [4.69, 9.17) is 21.1 Å². The first-order chi connectivity index (χ1) is 15.6. The lowest BCUT2D eigenvalue weighted by molar-refractivity contribution is 0.0939. The van der Waals surface area contributed by atoms with E-state index < -0.39 is 22.0 Å². The third kappa shape index (κ3) is 5.77. The fourth-order valence-electron chi connectivity index (χ4n) is 3.22. The van der Waals surface area contributed by atoms with Gasteiger partial charge in [0.2, 0.25) is 0 Å². The lowest BCUT2D eigenvalue weighted by Gasteiger charge is -2.19. The van der Waals surface area contributed by atoms with Gasteiger partial charge >= 0.3 is 0 Å². The van der Waals surface area contributed by atoms with Gasteiger partial charge in [-0.1, -0.05) is 29.3 Å². The van der Waals surface area contributed by atoms with Crippen molar-refractivity contribution in [3.8, 4) is 11.5 Å². The zero-order valence-electron chi connectivity index (χ0n) is 18.7. The Morgan fingerprint density at radius 2 is 1.67 bits per heavy atom. The SMILES string of the molecule is COc1ccc(OC)c([C@@H](C)NC(=O)c2ccc(NS(=O)(=O)c3ccc(C)cc3)cc2Cl)c1. The maximum absolute atomic E-state index is 12.8. The van der Waals surface area contributed by atoms with Gasteiger partial charge in [-0.25, -0.2) is 8.42 Å². The van der Waals surface area contributed by atoms with Gasteiger partial charge in [0.05, 0.1) is 41.4 Å². The van der Waals surface area contributed by atoms with Crippen molar-refractivity contribution < 1.29 is 22.7 Å². The minimum atomic E-state index is -3.78. The molecule has 0 aliphatic rings. The van der Waals surface area contributed by atoms with Crippen molar-refractivity contribution in [1.29, 1.82) is 0 Å². The lowest BCUT2D eigenvalue weighted by atomic mass is 10.1. The average molecular weight is 489 g/mol. The summed E-state index contributed by atoms with van der Waals surface area (Å²) in [7, 11) is -0.677. The number of hydrogen-bond donors (Lipinski definition) is 2. The van der Waals surface area contributed by atoms with E-state index in [1.807, 2.05) is 13.8 Å². The molecule has 2 N–H and O–H groups in total. The predicted molar refractivity (Wildman–Crippen MR) is 129 cm³/mol. The topological polar surface area (TPSA) is 93.7 Å². The second kappa shape index (κ2) is 10.1. The predicted octanol–water partition coefficient (Wildman–Crippen LogP) is 4.96. The maximum Gasteiger partial charge on any atom is 0.261 e. The van der Waals surface area contributed by atoms with Crippen LogP contribution in [0.3, 0.4) is 0 Å². The Labute approximate surface area is 198 Å². The van der Waals surface area contributed by atoms with Crippen LogP contribution in [-0.2, 0) is 10.0 Å². The number of methoxy groups -OCH3 is 2. The van der Waals surface area contributed by atoms with Crippen molar-refractivity contribution in [3.05, 3.63) is 82.4 Å². The summed E-state index contributed by atoms with van der Waals surface area (Å²) in [5.74, 6) is 0.830. The standard InChI is InChI=1S/C24H25ClN2O5S/c1-15-5-9-19(10-6-15)33(29,30)27-17-7-11-20(22(25)13-17)24(28)26-16(2)21-14-18(31-3)8-12-23(21)32-4/h5-14,16,27H,1-4H3,(H,26,28)/t16-/m1/s1. The molecular formula is C24H25ClN2O5S. The summed E-state index contributed by atoms with van der Waals surface area (Å²) in [5, 5.41) is 2.99. The van der Waals surface area contributed by atoms with Crippen molar-refractivity contribution in [3.63, 3.8) is 0 Å². The largest absolute Gasteiger partial charge is 0.497 e. The molecule has 3 aromatic carbocycles. The first kappa shape index (κ1) is 24.4. The molecule has 0 radical (unpaired) electrons. The molecule has 0 fully saturated rings. The first-order valence-corrected chi connectivity index (χ1v) is 11.9. The number of aryl methyl sites for hydroxylation is 1.